The Bertz CT molecular complexity index is 324. The van der Waals surface area contributed by atoms with E-state index in [0.717, 1.165) is 19.3 Å². The average Bonchev–Trinajstić information content (AvgIpc) is 2.23. The van der Waals surface area contributed by atoms with Crippen molar-refractivity contribution in [1.29, 1.82) is 0 Å². The van der Waals surface area contributed by atoms with E-state index in [9.17, 15) is 4.79 Å². The zero-order valence-corrected chi connectivity index (χ0v) is 14.6. The molecule has 20 heavy (non-hydrogen) atoms. The third-order valence-corrected chi connectivity index (χ3v) is 4.40. The predicted molar refractivity (Wildman–Crippen MR) is 84.6 cm³/mol. The van der Waals surface area contributed by atoms with Gasteiger partial charge in [-0.25, -0.2) is 0 Å². The molecule has 1 rings (SSSR count). The van der Waals surface area contributed by atoms with Crippen LogP contribution in [-0.4, -0.2) is 11.6 Å². The maximum Gasteiger partial charge on any atom is 0.310 e. The van der Waals surface area contributed by atoms with E-state index in [1.165, 1.54) is 19.3 Å². The average molecular weight is 282 g/mol. The molecule has 118 valence electrons. The normalized spacial score (nSPS) is 21.4. The number of hydrogen-bond acceptors (Lipinski definition) is 2. The van der Waals surface area contributed by atoms with Gasteiger partial charge in [-0.2, -0.15) is 0 Å². The fourth-order valence-electron chi connectivity index (χ4n) is 3.07. The Labute approximate surface area is 125 Å². The molecule has 1 unspecified atom stereocenters. The SMILES string of the molecule is CC(C)(C)CC(C(=O)OC1(C)CCCCC1)C(C)(C)C. The highest BCUT2D eigenvalue weighted by molar-refractivity contribution is 5.74. The number of ether oxygens (including phenoxy) is 1. The molecule has 2 heteroatoms. The van der Waals surface area contributed by atoms with Crippen LogP contribution in [0.5, 0.6) is 0 Å². The minimum atomic E-state index is -0.225. The monoisotopic (exact) mass is 282 g/mol. The van der Waals surface area contributed by atoms with E-state index >= 15 is 0 Å². The summed E-state index contributed by atoms with van der Waals surface area (Å²) in [6.45, 7) is 15.1. The third kappa shape index (κ3) is 5.46. The lowest BCUT2D eigenvalue weighted by atomic mass is 9.72. The first-order chi connectivity index (χ1) is 8.93. The molecular formula is C18H34O2. The molecule has 0 aromatic heterocycles. The lowest BCUT2D eigenvalue weighted by Crippen LogP contribution is -2.40. The minimum Gasteiger partial charge on any atom is -0.459 e. The van der Waals surface area contributed by atoms with Gasteiger partial charge in [0.15, 0.2) is 0 Å². The number of hydrogen-bond donors (Lipinski definition) is 0. The molecule has 1 aliphatic carbocycles. The second kappa shape index (κ2) is 6.07. The largest absolute Gasteiger partial charge is 0.459 e. The van der Waals surface area contributed by atoms with Gasteiger partial charge in [-0.3, -0.25) is 4.79 Å². The van der Waals surface area contributed by atoms with Crippen LogP contribution >= 0.6 is 0 Å². The quantitative estimate of drug-likeness (QED) is 0.652. The minimum absolute atomic E-state index is 0.0109. The van der Waals surface area contributed by atoms with Gasteiger partial charge in [-0.1, -0.05) is 48.0 Å². The zero-order valence-electron chi connectivity index (χ0n) is 14.6. The van der Waals surface area contributed by atoms with E-state index < -0.39 is 0 Å². The van der Waals surface area contributed by atoms with Crippen LogP contribution in [0.2, 0.25) is 0 Å². The first kappa shape index (κ1) is 17.5. The molecular weight excluding hydrogens is 248 g/mol. The molecule has 1 aliphatic rings. The smallest absolute Gasteiger partial charge is 0.310 e. The summed E-state index contributed by atoms with van der Waals surface area (Å²) < 4.78 is 5.97. The van der Waals surface area contributed by atoms with Crippen molar-refractivity contribution in [2.75, 3.05) is 0 Å². The molecule has 1 saturated carbocycles. The Hall–Kier alpha value is -0.530. The molecule has 0 amide bonds. The summed E-state index contributed by atoms with van der Waals surface area (Å²) in [5, 5.41) is 0. The number of carbonyl (C=O) groups is 1. The molecule has 0 N–H and O–H groups in total. The van der Waals surface area contributed by atoms with Gasteiger partial charge in [0.1, 0.15) is 5.60 Å². The van der Waals surface area contributed by atoms with Crippen molar-refractivity contribution in [3.8, 4) is 0 Å². The van der Waals surface area contributed by atoms with Crippen molar-refractivity contribution in [2.24, 2.45) is 16.7 Å². The highest BCUT2D eigenvalue weighted by atomic mass is 16.6. The molecule has 0 spiro atoms. The van der Waals surface area contributed by atoms with Crippen LogP contribution in [0, 0.1) is 16.7 Å². The predicted octanol–water partition coefficient (Wildman–Crippen LogP) is 5.35. The van der Waals surface area contributed by atoms with Gasteiger partial charge in [-0.05, 0) is 49.9 Å². The van der Waals surface area contributed by atoms with Gasteiger partial charge in [0.25, 0.3) is 0 Å². The lowest BCUT2D eigenvalue weighted by Gasteiger charge is -2.39. The summed E-state index contributed by atoms with van der Waals surface area (Å²) in [7, 11) is 0. The fraction of sp³-hybridized carbons (Fsp3) is 0.944. The Balaban J connectivity index is 2.78. The van der Waals surface area contributed by atoms with E-state index in [1.807, 2.05) is 0 Å². The van der Waals surface area contributed by atoms with Crippen LogP contribution in [0.15, 0.2) is 0 Å². The molecule has 0 bridgehead atoms. The molecule has 1 atom stereocenters. The van der Waals surface area contributed by atoms with Gasteiger partial charge in [0, 0.05) is 0 Å². The number of esters is 1. The van der Waals surface area contributed by atoms with Crippen LogP contribution < -0.4 is 0 Å². The van der Waals surface area contributed by atoms with Crippen LogP contribution in [0.1, 0.15) is 87.0 Å². The van der Waals surface area contributed by atoms with Gasteiger partial charge < -0.3 is 4.74 Å². The van der Waals surface area contributed by atoms with Crippen LogP contribution in [0.25, 0.3) is 0 Å². The molecule has 2 nitrogen and oxygen atoms in total. The van der Waals surface area contributed by atoms with Crippen molar-refractivity contribution in [1.82, 2.24) is 0 Å². The van der Waals surface area contributed by atoms with Crippen molar-refractivity contribution in [3.63, 3.8) is 0 Å². The first-order valence-corrected chi connectivity index (χ1v) is 8.16. The molecule has 0 heterocycles. The van der Waals surface area contributed by atoms with Crippen molar-refractivity contribution < 1.29 is 9.53 Å². The molecule has 0 aromatic rings. The Morgan fingerprint density at radius 2 is 1.55 bits per heavy atom. The molecule has 0 aliphatic heterocycles. The zero-order chi connectivity index (χ0) is 15.6. The third-order valence-electron chi connectivity index (χ3n) is 4.40. The van der Waals surface area contributed by atoms with Crippen molar-refractivity contribution in [3.05, 3.63) is 0 Å². The Kier molecular flexibility index (Phi) is 5.32. The van der Waals surface area contributed by atoms with E-state index in [2.05, 4.69) is 48.5 Å². The highest BCUT2D eigenvalue weighted by Gasteiger charge is 2.39. The highest BCUT2D eigenvalue weighted by Crippen LogP contribution is 2.39. The summed E-state index contributed by atoms with van der Waals surface area (Å²) in [6.07, 6.45) is 6.56. The maximum absolute atomic E-state index is 12.7. The lowest BCUT2D eigenvalue weighted by molar-refractivity contribution is -0.171. The summed E-state index contributed by atoms with van der Waals surface area (Å²) in [4.78, 5) is 12.7. The summed E-state index contributed by atoms with van der Waals surface area (Å²) in [6, 6.07) is 0. The van der Waals surface area contributed by atoms with E-state index in [4.69, 9.17) is 4.74 Å². The number of rotatable bonds is 3. The molecule has 0 aromatic carbocycles. The second-order valence-corrected chi connectivity index (χ2v) is 9.12. The maximum atomic E-state index is 12.7. The van der Waals surface area contributed by atoms with Crippen molar-refractivity contribution >= 4 is 5.97 Å². The van der Waals surface area contributed by atoms with Gasteiger partial charge >= 0.3 is 5.97 Å². The molecule has 0 radical (unpaired) electrons. The molecule has 1 fully saturated rings. The standard InChI is InChI=1S/C18H34O2/c1-16(2,3)13-14(17(4,5)6)15(19)20-18(7)11-9-8-10-12-18/h14H,8-13H2,1-7H3. The summed E-state index contributed by atoms with van der Waals surface area (Å²) >= 11 is 0. The van der Waals surface area contributed by atoms with E-state index in [-0.39, 0.29) is 28.3 Å². The van der Waals surface area contributed by atoms with E-state index in [0.29, 0.717) is 0 Å². The van der Waals surface area contributed by atoms with Crippen LogP contribution in [0.4, 0.5) is 0 Å². The first-order valence-electron chi connectivity index (χ1n) is 8.16. The van der Waals surface area contributed by atoms with E-state index in [1.54, 1.807) is 0 Å². The van der Waals surface area contributed by atoms with Crippen LogP contribution in [-0.2, 0) is 9.53 Å². The van der Waals surface area contributed by atoms with Gasteiger partial charge in [0.05, 0.1) is 5.92 Å². The number of carbonyl (C=O) groups excluding carboxylic acids is 1. The fourth-order valence-corrected chi connectivity index (χ4v) is 3.07. The Morgan fingerprint density at radius 3 is 1.95 bits per heavy atom. The second-order valence-electron chi connectivity index (χ2n) is 9.12. The van der Waals surface area contributed by atoms with Gasteiger partial charge in [0.2, 0.25) is 0 Å². The summed E-state index contributed by atoms with van der Waals surface area (Å²) in [5.41, 5.74) is -0.128. The Morgan fingerprint density at radius 1 is 1.05 bits per heavy atom. The summed E-state index contributed by atoms with van der Waals surface area (Å²) in [5.74, 6) is -0.0157. The van der Waals surface area contributed by atoms with Crippen molar-refractivity contribution in [2.45, 2.75) is 92.6 Å². The van der Waals surface area contributed by atoms with Crippen LogP contribution in [0.3, 0.4) is 0 Å². The molecule has 0 saturated heterocycles. The topological polar surface area (TPSA) is 26.3 Å². The van der Waals surface area contributed by atoms with Gasteiger partial charge in [-0.15, -0.1) is 0 Å².